The van der Waals surface area contributed by atoms with E-state index in [2.05, 4.69) is 32.9 Å². The Bertz CT molecular complexity index is 898. The number of nitrogens with one attached hydrogen (secondary N) is 1. The number of carbonyl (C=O) groups is 1. The van der Waals surface area contributed by atoms with Crippen LogP contribution in [-0.2, 0) is 10.5 Å². The van der Waals surface area contributed by atoms with Gasteiger partial charge in [-0.05, 0) is 18.1 Å². The Morgan fingerprint density at radius 3 is 2.33 bits per heavy atom. The number of rotatable bonds is 8. The molecule has 3 aromatic rings. The van der Waals surface area contributed by atoms with Gasteiger partial charge in [-0.15, -0.1) is 10.2 Å². The molecule has 2 aromatic carbocycles. The fourth-order valence-electron chi connectivity index (χ4n) is 2.08. The third-order valence-electron chi connectivity index (χ3n) is 3.46. The second kappa shape index (κ2) is 10.2. The highest BCUT2D eigenvalue weighted by atomic mass is 32.2. The number of nitrogens with zero attached hydrogens (tertiary/aromatic N) is 3. The van der Waals surface area contributed by atoms with E-state index >= 15 is 0 Å². The van der Waals surface area contributed by atoms with Crippen molar-refractivity contribution in [3.63, 3.8) is 0 Å². The summed E-state index contributed by atoms with van der Waals surface area (Å²) in [5.74, 6) is 0.946. The minimum absolute atomic E-state index is 0.163. The lowest BCUT2D eigenvalue weighted by atomic mass is 10.1. The van der Waals surface area contributed by atoms with Crippen LogP contribution in [0.2, 0.25) is 0 Å². The molecule has 0 radical (unpaired) electrons. The van der Waals surface area contributed by atoms with Gasteiger partial charge in [-0.1, -0.05) is 95.5 Å². The number of hydrogen-bond donors (Lipinski definition) is 1. The first-order chi connectivity index (χ1) is 13.2. The molecule has 27 heavy (non-hydrogen) atoms. The molecule has 0 bridgehead atoms. The van der Waals surface area contributed by atoms with Gasteiger partial charge >= 0.3 is 0 Å². The maximum atomic E-state index is 12.0. The van der Waals surface area contributed by atoms with E-state index < -0.39 is 0 Å². The first-order valence-corrected chi connectivity index (χ1v) is 11.0. The largest absolute Gasteiger partial charge is 0.272 e. The van der Waals surface area contributed by atoms with Gasteiger partial charge < -0.3 is 0 Å². The molecule has 0 aliphatic carbocycles. The molecule has 0 atom stereocenters. The number of thioether (sulfide) groups is 2. The van der Waals surface area contributed by atoms with Crippen LogP contribution in [0.4, 0.5) is 0 Å². The molecule has 5 nitrogen and oxygen atoms in total. The maximum Gasteiger partial charge on any atom is 0.250 e. The molecule has 0 aliphatic rings. The fourth-order valence-corrected chi connectivity index (χ4v) is 4.85. The van der Waals surface area contributed by atoms with Crippen LogP contribution in [0.1, 0.15) is 18.1 Å². The zero-order chi connectivity index (χ0) is 18.9. The molecule has 8 heteroatoms. The van der Waals surface area contributed by atoms with Gasteiger partial charge in [-0.3, -0.25) is 4.79 Å². The summed E-state index contributed by atoms with van der Waals surface area (Å²) in [6.07, 6.45) is 0. The SMILES string of the molecule is C/C(=N/NC(=O)CSc1nnc(SCc2ccccc2)s1)c1ccccc1. The molecule has 0 unspecified atom stereocenters. The van der Waals surface area contributed by atoms with Crippen molar-refractivity contribution in [3.05, 3.63) is 71.8 Å². The van der Waals surface area contributed by atoms with E-state index in [1.54, 1.807) is 11.8 Å². The number of aromatic nitrogens is 2. The average Bonchev–Trinajstić information content (AvgIpc) is 3.18. The van der Waals surface area contributed by atoms with Crippen molar-refractivity contribution < 1.29 is 4.79 Å². The van der Waals surface area contributed by atoms with Crippen molar-refractivity contribution >= 4 is 46.5 Å². The Morgan fingerprint density at radius 2 is 1.63 bits per heavy atom. The van der Waals surface area contributed by atoms with Crippen LogP contribution in [0, 0.1) is 0 Å². The number of hydrogen-bond acceptors (Lipinski definition) is 7. The molecule has 138 valence electrons. The van der Waals surface area contributed by atoms with E-state index in [1.165, 1.54) is 28.7 Å². The van der Waals surface area contributed by atoms with Crippen LogP contribution in [-0.4, -0.2) is 27.6 Å². The average molecular weight is 415 g/mol. The van der Waals surface area contributed by atoms with E-state index in [-0.39, 0.29) is 11.7 Å². The minimum Gasteiger partial charge on any atom is -0.272 e. The van der Waals surface area contributed by atoms with Crippen LogP contribution < -0.4 is 5.43 Å². The molecule has 0 saturated heterocycles. The van der Waals surface area contributed by atoms with Crippen molar-refractivity contribution in [1.82, 2.24) is 15.6 Å². The smallest absolute Gasteiger partial charge is 0.250 e. The Kier molecular flexibility index (Phi) is 7.44. The van der Waals surface area contributed by atoms with E-state index in [0.29, 0.717) is 0 Å². The van der Waals surface area contributed by atoms with Gasteiger partial charge in [-0.25, -0.2) is 5.43 Å². The zero-order valence-electron chi connectivity index (χ0n) is 14.7. The van der Waals surface area contributed by atoms with E-state index in [4.69, 9.17) is 0 Å². The summed E-state index contributed by atoms with van der Waals surface area (Å²) in [5.41, 5.74) is 5.58. The molecule has 1 aromatic heterocycles. The quantitative estimate of drug-likeness (QED) is 0.335. The highest BCUT2D eigenvalue weighted by Gasteiger charge is 2.09. The van der Waals surface area contributed by atoms with Crippen LogP contribution in [0.15, 0.2) is 74.4 Å². The molecule has 3 rings (SSSR count). The van der Waals surface area contributed by atoms with Crippen LogP contribution in [0.25, 0.3) is 0 Å². The highest BCUT2D eigenvalue weighted by Crippen LogP contribution is 2.30. The lowest BCUT2D eigenvalue weighted by Crippen LogP contribution is -2.21. The summed E-state index contributed by atoms with van der Waals surface area (Å²) in [5, 5.41) is 12.5. The lowest BCUT2D eigenvalue weighted by Gasteiger charge is -2.01. The van der Waals surface area contributed by atoms with Crippen LogP contribution in [0.5, 0.6) is 0 Å². The maximum absolute atomic E-state index is 12.0. The normalized spacial score (nSPS) is 11.4. The predicted molar refractivity (Wildman–Crippen MR) is 113 cm³/mol. The van der Waals surface area contributed by atoms with Gasteiger partial charge in [0.25, 0.3) is 5.91 Å². The highest BCUT2D eigenvalue weighted by molar-refractivity contribution is 8.03. The third kappa shape index (κ3) is 6.50. The van der Waals surface area contributed by atoms with E-state index in [9.17, 15) is 4.79 Å². The van der Waals surface area contributed by atoms with Crippen molar-refractivity contribution in [2.45, 2.75) is 21.4 Å². The Labute approximate surface area is 170 Å². The number of carbonyl (C=O) groups excluding carboxylic acids is 1. The second-order valence-corrected chi connectivity index (χ2v) is 8.92. The topological polar surface area (TPSA) is 67.2 Å². The molecular formula is C19H18N4OS3. The Hall–Kier alpha value is -2.16. The van der Waals surface area contributed by atoms with Gasteiger partial charge in [0.1, 0.15) is 0 Å². The first-order valence-electron chi connectivity index (χ1n) is 8.22. The summed E-state index contributed by atoms with van der Waals surface area (Å²) in [6, 6.07) is 20.0. The molecular weight excluding hydrogens is 396 g/mol. The Balaban J connectivity index is 1.43. The summed E-state index contributed by atoms with van der Waals surface area (Å²) < 4.78 is 1.68. The van der Waals surface area contributed by atoms with Gasteiger partial charge in [0.2, 0.25) is 0 Å². The monoisotopic (exact) mass is 414 g/mol. The second-order valence-electron chi connectivity index (χ2n) is 5.50. The number of benzene rings is 2. The van der Waals surface area contributed by atoms with Gasteiger partial charge in [0, 0.05) is 5.75 Å². The molecule has 1 heterocycles. The summed E-state index contributed by atoms with van der Waals surface area (Å²) >= 11 is 4.52. The Morgan fingerprint density at radius 1 is 1.00 bits per heavy atom. The molecule has 0 fully saturated rings. The molecule has 0 saturated carbocycles. The van der Waals surface area contributed by atoms with Gasteiger partial charge in [0.15, 0.2) is 8.68 Å². The van der Waals surface area contributed by atoms with Crippen molar-refractivity contribution in [1.29, 1.82) is 0 Å². The minimum atomic E-state index is -0.163. The zero-order valence-corrected chi connectivity index (χ0v) is 17.1. The van der Waals surface area contributed by atoms with Crippen LogP contribution >= 0.6 is 34.9 Å². The van der Waals surface area contributed by atoms with Crippen LogP contribution in [0.3, 0.4) is 0 Å². The van der Waals surface area contributed by atoms with Crippen molar-refractivity contribution in [2.75, 3.05) is 5.75 Å². The van der Waals surface area contributed by atoms with Gasteiger partial charge in [-0.2, -0.15) is 5.10 Å². The lowest BCUT2D eigenvalue weighted by molar-refractivity contribution is -0.118. The first kappa shape index (κ1) is 19.6. The predicted octanol–water partition coefficient (Wildman–Crippen LogP) is 4.46. The summed E-state index contributed by atoms with van der Waals surface area (Å²) in [7, 11) is 0. The molecule has 0 spiro atoms. The van der Waals surface area contributed by atoms with E-state index in [1.807, 2.05) is 55.5 Å². The molecule has 1 amide bonds. The van der Waals surface area contributed by atoms with E-state index in [0.717, 1.165) is 25.7 Å². The number of amides is 1. The molecule has 1 N–H and O–H groups in total. The van der Waals surface area contributed by atoms with Crippen molar-refractivity contribution in [2.24, 2.45) is 5.10 Å². The third-order valence-corrected chi connectivity index (χ3v) is 6.72. The standard InChI is InChI=1S/C19H18N4OS3/c1-14(16-10-6-3-7-11-16)20-21-17(24)13-26-19-23-22-18(27-19)25-12-15-8-4-2-5-9-15/h2-11H,12-13H2,1H3,(H,21,24)/b20-14-. The molecule has 0 aliphatic heterocycles. The summed E-state index contributed by atoms with van der Waals surface area (Å²) in [6.45, 7) is 1.86. The van der Waals surface area contributed by atoms with Crippen molar-refractivity contribution in [3.8, 4) is 0 Å². The number of hydrazone groups is 1. The van der Waals surface area contributed by atoms with Gasteiger partial charge in [0.05, 0.1) is 11.5 Å². The fraction of sp³-hybridized carbons (Fsp3) is 0.158. The summed E-state index contributed by atoms with van der Waals surface area (Å²) in [4.78, 5) is 12.0.